The van der Waals surface area contributed by atoms with Gasteiger partial charge in [0, 0.05) is 18.8 Å². The number of hydrogen-bond acceptors (Lipinski definition) is 4. The molecule has 24 heavy (non-hydrogen) atoms. The molecule has 2 saturated heterocycles. The molecule has 2 aliphatic rings. The number of hydrogen-bond donors (Lipinski definition) is 2. The summed E-state index contributed by atoms with van der Waals surface area (Å²) in [5.41, 5.74) is 1.57. The Kier molecular flexibility index (Phi) is 4.28. The largest absolute Gasteiger partial charge is 0.497 e. The van der Waals surface area contributed by atoms with E-state index in [0.29, 0.717) is 18.8 Å². The van der Waals surface area contributed by atoms with Gasteiger partial charge in [-0.1, -0.05) is 0 Å². The summed E-state index contributed by atoms with van der Waals surface area (Å²) < 4.78 is 5.15. The fraction of sp³-hybridized carbons (Fsp3) is 0.438. The van der Waals surface area contributed by atoms with Gasteiger partial charge in [0.05, 0.1) is 20.2 Å². The molecule has 8 heteroatoms. The van der Waals surface area contributed by atoms with Crippen molar-refractivity contribution in [2.45, 2.75) is 13.0 Å². The molecule has 0 aromatic heterocycles. The Labute approximate surface area is 139 Å². The number of urea groups is 1. The first-order chi connectivity index (χ1) is 11.5. The van der Waals surface area contributed by atoms with Crippen LogP contribution in [0.25, 0.3) is 0 Å². The summed E-state index contributed by atoms with van der Waals surface area (Å²) in [6.45, 7) is 2.87. The Morgan fingerprint density at radius 1 is 1.33 bits per heavy atom. The SMILES string of the molecule is COc1ccc(NC(=O)N2CCN3C(=O)CNC(=O)C3C2)c(C)c1. The molecule has 1 atom stereocenters. The number of aryl methyl sites for hydroxylation is 1. The molecular weight excluding hydrogens is 312 g/mol. The van der Waals surface area contributed by atoms with Crippen LogP contribution in [0.3, 0.4) is 0 Å². The van der Waals surface area contributed by atoms with E-state index in [1.165, 1.54) is 0 Å². The van der Waals surface area contributed by atoms with Crippen LogP contribution in [0.4, 0.5) is 10.5 Å². The second-order valence-electron chi connectivity index (χ2n) is 5.88. The lowest BCUT2D eigenvalue weighted by atomic mass is 10.1. The molecule has 0 saturated carbocycles. The predicted molar refractivity (Wildman–Crippen MR) is 86.8 cm³/mol. The maximum Gasteiger partial charge on any atom is 0.321 e. The van der Waals surface area contributed by atoms with Crippen molar-refractivity contribution in [3.8, 4) is 5.75 Å². The standard InChI is InChI=1S/C16H20N4O4/c1-10-7-11(24-2)3-4-12(10)18-16(23)19-5-6-20-13(9-19)15(22)17-8-14(20)21/h3-4,7,13H,5-6,8-9H2,1-2H3,(H,17,22)(H,18,23). The van der Waals surface area contributed by atoms with Gasteiger partial charge in [-0.25, -0.2) is 4.79 Å². The molecule has 0 radical (unpaired) electrons. The van der Waals surface area contributed by atoms with Gasteiger partial charge >= 0.3 is 6.03 Å². The lowest BCUT2D eigenvalue weighted by Gasteiger charge is -2.42. The van der Waals surface area contributed by atoms with Crippen molar-refractivity contribution in [2.24, 2.45) is 0 Å². The molecule has 0 bridgehead atoms. The number of amides is 4. The van der Waals surface area contributed by atoms with Crippen LogP contribution in [0.2, 0.25) is 0 Å². The van der Waals surface area contributed by atoms with Gasteiger partial charge in [-0.15, -0.1) is 0 Å². The lowest BCUT2D eigenvalue weighted by molar-refractivity contribution is -0.148. The van der Waals surface area contributed by atoms with Crippen molar-refractivity contribution in [3.63, 3.8) is 0 Å². The first-order valence-electron chi connectivity index (χ1n) is 7.77. The zero-order valence-corrected chi connectivity index (χ0v) is 13.7. The van der Waals surface area contributed by atoms with E-state index >= 15 is 0 Å². The monoisotopic (exact) mass is 332 g/mol. The first kappa shape index (κ1) is 16.1. The van der Waals surface area contributed by atoms with Gasteiger partial charge in [0.2, 0.25) is 11.8 Å². The van der Waals surface area contributed by atoms with Crippen LogP contribution < -0.4 is 15.4 Å². The van der Waals surface area contributed by atoms with E-state index in [-0.39, 0.29) is 30.9 Å². The number of ether oxygens (including phenoxy) is 1. The first-order valence-corrected chi connectivity index (χ1v) is 7.77. The predicted octanol–water partition coefficient (Wildman–Crippen LogP) is 0.178. The zero-order chi connectivity index (χ0) is 17.3. The molecule has 2 aliphatic heterocycles. The molecule has 3 rings (SSSR count). The van der Waals surface area contributed by atoms with Crippen molar-refractivity contribution in [2.75, 3.05) is 38.6 Å². The number of fused-ring (bicyclic) bond motifs is 1. The number of benzene rings is 1. The fourth-order valence-electron chi connectivity index (χ4n) is 2.97. The van der Waals surface area contributed by atoms with Crippen molar-refractivity contribution in [3.05, 3.63) is 23.8 Å². The highest BCUT2D eigenvalue weighted by Gasteiger charge is 2.39. The molecule has 2 N–H and O–H groups in total. The number of nitrogens with zero attached hydrogens (tertiary/aromatic N) is 2. The van der Waals surface area contributed by atoms with E-state index in [9.17, 15) is 14.4 Å². The quantitative estimate of drug-likeness (QED) is 0.808. The van der Waals surface area contributed by atoms with Crippen LogP contribution in [-0.4, -0.2) is 67.0 Å². The van der Waals surface area contributed by atoms with Crippen LogP contribution >= 0.6 is 0 Å². The third kappa shape index (κ3) is 2.99. The smallest absolute Gasteiger partial charge is 0.321 e. The van der Waals surface area contributed by atoms with Gasteiger partial charge in [0.1, 0.15) is 11.8 Å². The van der Waals surface area contributed by atoms with E-state index in [2.05, 4.69) is 10.6 Å². The summed E-state index contributed by atoms with van der Waals surface area (Å²) in [4.78, 5) is 39.4. The number of rotatable bonds is 2. The van der Waals surface area contributed by atoms with Crippen LogP contribution in [0.5, 0.6) is 5.75 Å². The molecule has 1 aromatic carbocycles. The van der Waals surface area contributed by atoms with Gasteiger partial charge in [-0.05, 0) is 30.7 Å². The maximum absolute atomic E-state index is 12.5. The topological polar surface area (TPSA) is 91.0 Å². The fourth-order valence-corrected chi connectivity index (χ4v) is 2.97. The minimum atomic E-state index is -0.609. The number of methoxy groups -OCH3 is 1. The molecule has 0 aliphatic carbocycles. The van der Waals surface area contributed by atoms with Crippen LogP contribution in [-0.2, 0) is 9.59 Å². The van der Waals surface area contributed by atoms with E-state index in [1.54, 1.807) is 29.0 Å². The highest BCUT2D eigenvalue weighted by molar-refractivity contribution is 5.96. The van der Waals surface area contributed by atoms with Gasteiger partial charge in [-0.3, -0.25) is 9.59 Å². The van der Waals surface area contributed by atoms with E-state index < -0.39 is 6.04 Å². The highest BCUT2D eigenvalue weighted by Crippen LogP contribution is 2.22. The summed E-state index contributed by atoms with van der Waals surface area (Å²) >= 11 is 0. The van der Waals surface area contributed by atoms with E-state index in [1.807, 2.05) is 13.0 Å². The van der Waals surface area contributed by atoms with Gasteiger partial charge in [-0.2, -0.15) is 0 Å². The normalized spacial score (nSPS) is 20.3. The summed E-state index contributed by atoms with van der Waals surface area (Å²) in [6.07, 6.45) is 0. The second-order valence-corrected chi connectivity index (χ2v) is 5.88. The second kappa shape index (κ2) is 6.38. The van der Waals surface area contributed by atoms with Gasteiger partial charge in [0.15, 0.2) is 0 Å². The van der Waals surface area contributed by atoms with Crippen LogP contribution in [0.1, 0.15) is 5.56 Å². The minimum Gasteiger partial charge on any atom is -0.497 e. The molecular formula is C16H20N4O4. The highest BCUT2D eigenvalue weighted by atomic mass is 16.5. The Hall–Kier alpha value is -2.77. The lowest BCUT2D eigenvalue weighted by Crippen LogP contribution is -2.66. The van der Waals surface area contributed by atoms with Crippen molar-refractivity contribution >= 4 is 23.5 Å². The maximum atomic E-state index is 12.5. The third-order valence-electron chi connectivity index (χ3n) is 4.38. The number of nitrogens with one attached hydrogen (secondary N) is 2. The molecule has 1 unspecified atom stereocenters. The van der Waals surface area contributed by atoms with Crippen molar-refractivity contribution in [1.29, 1.82) is 0 Å². The Balaban J connectivity index is 1.68. The summed E-state index contributed by atoms with van der Waals surface area (Å²) in [5.74, 6) is 0.398. The van der Waals surface area contributed by atoms with E-state index in [0.717, 1.165) is 11.3 Å². The van der Waals surface area contributed by atoms with Crippen LogP contribution in [0.15, 0.2) is 18.2 Å². The molecule has 4 amide bonds. The molecule has 2 fully saturated rings. The molecule has 2 heterocycles. The summed E-state index contributed by atoms with van der Waals surface area (Å²) in [6, 6.07) is 4.49. The molecule has 0 spiro atoms. The molecule has 8 nitrogen and oxygen atoms in total. The van der Waals surface area contributed by atoms with Crippen LogP contribution in [0, 0.1) is 6.92 Å². The number of piperazine rings is 2. The summed E-state index contributed by atoms with van der Waals surface area (Å²) in [5, 5.41) is 5.41. The molecule has 128 valence electrons. The average molecular weight is 332 g/mol. The number of carbonyl (C=O) groups is 3. The molecule has 1 aromatic rings. The number of carbonyl (C=O) groups excluding carboxylic acids is 3. The average Bonchev–Trinajstić information content (AvgIpc) is 2.59. The van der Waals surface area contributed by atoms with Crippen molar-refractivity contribution < 1.29 is 19.1 Å². The third-order valence-corrected chi connectivity index (χ3v) is 4.38. The van der Waals surface area contributed by atoms with Crippen molar-refractivity contribution in [1.82, 2.24) is 15.1 Å². The van der Waals surface area contributed by atoms with Gasteiger partial charge < -0.3 is 25.2 Å². The zero-order valence-electron chi connectivity index (χ0n) is 13.7. The Bertz CT molecular complexity index is 691. The minimum absolute atomic E-state index is 0.0343. The summed E-state index contributed by atoms with van der Waals surface area (Å²) in [7, 11) is 1.59. The van der Waals surface area contributed by atoms with E-state index in [4.69, 9.17) is 4.74 Å². The Morgan fingerprint density at radius 2 is 2.12 bits per heavy atom. The number of anilines is 1. The Morgan fingerprint density at radius 3 is 2.83 bits per heavy atom. The van der Waals surface area contributed by atoms with Gasteiger partial charge in [0.25, 0.3) is 0 Å².